The maximum Gasteiger partial charge on any atom is 0.262 e. The molecule has 0 unspecified atom stereocenters. The minimum atomic E-state index is 0.00275. The average molecular weight is 449 g/mol. The molecule has 4 aromatic rings. The average Bonchev–Trinajstić information content (AvgIpc) is 3.24. The molecule has 0 radical (unpaired) electrons. The number of ether oxygens (including phenoxy) is 1. The summed E-state index contributed by atoms with van der Waals surface area (Å²) >= 11 is 1.66. The van der Waals surface area contributed by atoms with Gasteiger partial charge in [0.25, 0.3) is 5.56 Å². The number of fused-ring (bicyclic) bond motifs is 1. The molecule has 6 nitrogen and oxygen atoms in total. The van der Waals surface area contributed by atoms with Crippen LogP contribution in [0.4, 0.5) is 0 Å². The number of hydrogen-bond donors (Lipinski definition) is 0. The Morgan fingerprint density at radius 2 is 1.84 bits per heavy atom. The maximum atomic E-state index is 13.2. The van der Waals surface area contributed by atoms with Crippen LogP contribution in [0.5, 0.6) is 5.75 Å². The highest BCUT2D eigenvalue weighted by Gasteiger charge is 2.12. The molecule has 0 aliphatic heterocycles. The number of benzene rings is 2. The van der Waals surface area contributed by atoms with Crippen LogP contribution in [-0.4, -0.2) is 32.2 Å². The van der Waals surface area contributed by atoms with Crippen molar-refractivity contribution in [3.8, 4) is 5.75 Å². The monoisotopic (exact) mass is 448 g/mol. The predicted octanol–water partition coefficient (Wildman–Crippen LogP) is 4.92. The van der Waals surface area contributed by atoms with Gasteiger partial charge in [0.05, 0.1) is 30.8 Å². The highest BCUT2D eigenvalue weighted by atomic mass is 32.2. The molecule has 0 spiro atoms. The first kappa shape index (κ1) is 22.1. The van der Waals surface area contributed by atoms with E-state index < -0.39 is 0 Å². The van der Waals surface area contributed by atoms with Crippen LogP contribution in [0.25, 0.3) is 10.9 Å². The number of nitrogens with zero attached hydrogens (tertiary/aromatic N) is 4. The van der Waals surface area contributed by atoms with Crippen LogP contribution in [0.1, 0.15) is 30.4 Å². The zero-order chi connectivity index (χ0) is 22.3. The molecule has 0 amide bonds. The molecule has 0 aliphatic carbocycles. The standard InChI is InChI=1S/C25H28N4O2S/c1-19-16-26-28(17-19)14-6-3-7-15-32-25-27-23-9-5-4-8-22(23)24(30)29(25)18-20-10-12-21(31-2)13-11-20/h4-5,8-13,16-17H,3,6-7,14-15,18H2,1-2H3. The molecule has 0 N–H and O–H groups in total. The van der Waals surface area contributed by atoms with Crippen molar-refractivity contribution in [1.29, 1.82) is 0 Å². The molecule has 2 aromatic heterocycles. The van der Waals surface area contributed by atoms with Gasteiger partial charge in [0, 0.05) is 18.5 Å². The molecule has 2 heterocycles. The normalized spacial score (nSPS) is 11.2. The van der Waals surface area contributed by atoms with E-state index in [9.17, 15) is 4.79 Å². The fraction of sp³-hybridized carbons (Fsp3) is 0.320. The number of para-hydroxylation sites is 1. The molecule has 166 valence electrons. The Bertz CT molecular complexity index is 1230. The quantitative estimate of drug-likeness (QED) is 0.196. The van der Waals surface area contributed by atoms with E-state index in [2.05, 4.69) is 18.2 Å². The van der Waals surface area contributed by atoms with E-state index in [1.165, 1.54) is 5.56 Å². The van der Waals surface area contributed by atoms with Crippen LogP contribution in [0.2, 0.25) is 0 Å². The Labute approximate surface area is 192 Å². The first-order valence-electron chi connectivity index (χ1n) is 10.9. The number of methoxy groups -OCH3 is 1. The topological polar surface area (TPSA) is 61.9 Å². The molecule has 0 atom stereocenters. The lowest BCUT2D eigenvalue weighted by atomic mass is 10.2. The second-order valence-electron chi connectivity index (χ2n) is 7.84. The van der Waals surface area contributed by atoms with Gasteiger partial charge in [-0.3, -0.25) is 14.0 Å². The zero-order valence-corrected chi connectivity index (χ0v) is 19.3. The van der Waals surface area contributed by atoms with Crippen molar-refractivity contribution >= 4 is 22.7 Å². The van der Waals surface area contributed by atoms with Crippen molar-refractivity contribution in [3.05, 3.63) is 82.4 Å². The molecule has 0 fully saturated rings. The van der Waals surface area contributed by atoms with Gasteiger partial charge >= 0.3 is 0 Å². The largest absolute Gasteiger partial charge is 0.497 e. The van der Waals surface area contributed by atoms with Crippen LogP contribution in [0, 0.1) is 6.92 Å². The fourth-order valence-corrected chi connectivity index (χ4v) is 4.61. The van der Waals surface area contributed by atoms with Crippen LogP contribution >= 0.6 is 11.8 Å². The Kier molecular flexibility index (Phi) is 7.27. The summed E-state index contributed by atoms with van der Waals surface area (Å²) in [6.45, 7) is 3.48. The van der Waals surface area contributed by atoms with Crippen molar-refractivity contribution in [2.75, 3.05) is 12.9 Å². The number of rotatable bonds is 10. The lowest BCUT2D eigenvalue weighted by molar-refractivity contribution is 0.414. The minimum absolute atomic E-state index is 0.00275. The van der Waals surface area contributed by atoms with Crippen LogP contribution < -0.4 is 10.3 Å². The predicted molar refractivity (Wildman–Crippen MR) is 130 cm³/mol. The molecular formula is C25H28N4O2S. The molecular weight excluding hydrogens is 420 g/mol. The third-order valence-electron chi connectivity index (χ3n) is 5.35. The Morgan fingerprint density at radius 3 is 2.59 bits per heavy atom. The van der Waals surface area contributed by atoms with E-state index >= 15 is 0 Å². The van der Waals surface area contributed by atoms with E-state index in [-0.39, 0.29) is 5.56 Å². The Balaban J connectivity index is 1.45. The lowest BCUT2D eigenvalue weighted by Gasteiger charge is -2.13. The van der Waals surface area contributed by atoms with E-state index in [1.54, 1.807) is 23.4 Å². The number of unbranched alkanes of at least 4 members (excludes halogenated alkanes) is 2. The smallest absolute Gasteiger partial charge is 0.262 e. The summed E-state index contributed by atoms with van der Waals surface area (Å²) in [6.07, 6.45) is 7.23. The number of aromatic nitrogens is 4. The van der Waals surface area contributed by atoms with Gasteiger partial charge in [0.1, 0.15) is 5.75 Å². The summed E-state index contributed by atoms with van der Waals surface area (Å²) in [4.78, 5) is 18.1. The van der Waals surface area contributed by atoms with Gasteiger partial charge < -0.3 is 4.74 Å². The highest BCUT2D eigenvalue weighted by molar-refractivity contribution is 7.99. The van der Waals surface area contributed by atoms with E-state index in [4.69, 9.17) is 9.72 Å². The summed E-state index contributed by atoms with van der Waals surface area (Å²) in [5, 5.41) is 5.76. The van der Waals surface area contributed by atoms with Gasteiger partial charge in [-0.15, -0.1) is 0 Å². The lowest BCUT2D eigenvalue weighted by Crippen LogP contribution is -2.24. The van der Waals surface area contributed by atoms with Crippen LogP contribution in [0.15, 0.2) is 70.9 Å². The summed E-state index contributed by atoms with van der Waals surface area (Å²) in [7, 11) is 1.65. The Hall–Kier alpha value is -3.06. The molecule has 32 heavy (non-hydrogen) atoms. The third kappa shape index (κ3) is 5.40. The highest BCUT2D eigenvalue weighted by Crippen LogP contribution is 2.21. The number of thioether (sulfide) groups is 1. The second-order valence-corrected chi connectivity index (χ2v) is 8.90. The first-order valence-corrected chi connectivity index (χ1v) is 11.9. The zero-order valence-electron chi connectivity index (χ0n) is 18.5. The van der Waals surface area contributed by atoms with Gasteiger partial charge in [0.15, 0.2) is 5.16 Å². The van der Waals surface area contributed by atoms with Gasteiger partial charge in [0.2, 0.25) is 0 Å². The van der Waals surface area contributed by atoms with Crippen molar-refractivity contribution in [2.45, 2.75) is 44.4 Å². The van der Waals surface area contributed by atoms with Crippen molar-refractivity contribution < 1.29 is 4.74 Å². The van der Waals surface area contributed by atoms with E-state index in [0.717, 1.165) is 53.5 Å². The molecule has 0 saturated carbocycles. The number of hydrogen-bond acceptors (Lipinski definition) is 5. The second kappa shape index (κ2) is 10.5. The maximum absolute atomic E-state index is 13.2. The van der Waals surface area contributed by atoms with Gasteiger partial charge in [-0.1, -0.05) is 42.4 Å². The molecule has 7 heteroatoms. The van der Waals surface area contributed by atoms with E-state index in [1.807, 2.05) is 59.4 Å². The van der Waals surface area contributed by atoms with Crippen molar-refractivity contribution in [2.24, 2.45) is 0 Å². The molecule has 4 rings (SSSR count). The summed E-state index contributed by atoms with van der Waals surface area (Å²) in [5.41, 5.74) is 2.99. The summed E-state index contributed by atoms with van der Waals surface area (Å²) in [5.74, 6) is 1.73. The van der Waals surface area contributed by atoms with Crippen LogP contribution in [-0.2, 0) is 13.1 Å². The van der Waals surface area contributed by atoms with Crippen molar-refractivity contribution in [3.63, 3.8) is 0 Å². The summed E-state index contributed by atoms with van der Waals surface area (Å²) < 4.78 is 9.04. The van der Waals surface area contributed by atoms with E-state index in [0.29, 0.717) is 11.9 Å². The Morgan fingerprint density at radius 1 is 1.03 bits per heavy atom. The molecule has 0 bridgehead atoms. The van der Waals surface area contributed by atoms with Crippen molar-refractivity contribution in [1.82, 2.24) is 19.3 Å². The van der Waals surface area contributed by atoms with Gasteiger partial charge in [-0.05, 0) is 55.2 Å². The van der Waals surface area contributed by atoms with Gasteiger partial charge in [-0.25, -0.2) is 4.98 Å². The fourth-order valence-electron chi connectivity index (χ4n) is 3.62. The van der Waals surface area contributed by atoms with Gasteiger partial charge in [-0.2, -0.15) is 5.10 Å². The summed E-state index contributed by atoms with van der Waals surface area (Å²) in [6, 6.07) is 15.4. The van der Waals surface area contributed by atoms with Crippen LogP contribution in [0.3, 0.4) is 0 Å². The SMILES string of the molecule is COc1ccc(Cn2c(SCCCCCn3cc(C)cn3)nc3ccccc3c2=O)cc1. The molecule has 2 aromatic carbocycles. The minimum Gasteiger partial charge on any atom is -0.497 e. The number of aryl methyl sites for hydroxylation is 2. The first-order chi connectivity index (χ1) is 15.6. The molecule has 0 saturated heterocycles. The third-order valence-corrected chi connectivity index (χ3v) is 6.41. The molecule has 0 aliphatic rings.